The van der Waals surface area contributed by atoms with Crippen molar-refractivity contribution in [1.29, 1.82) is 0 Å². The van der Waals surface area contributed by atoms with Gasteiger partial charge in [0.25, 0.3) is 11.6 Å². The first-order valence-electron chi connectivity index (χ1n) is 12.1. The number of benzene rings is 3. The fraction of sp³-hybridized carbons (Fsp3) is 0.138. The first-order chi connectivity index (χ1) is 18.3. The minimum atomic E-state index is -0.522. The van der Waals surface area contributed by atoms with Gasteiger partial charge in [0, 0.05) is 35.8 Å². The maximum absolute atomic E-state index is 13.6. The molecule has 9 heteroatoms. The molecule has 2 heterocycles. The molecule has 0 atom stereocenters. The Kier molecular flexibility index (Phi) is 6.57. The molecule has 9 nitrogen and oxygen atoms in total. The lowest BCUT2D eigenvalue weighted by atomic mass is 10.0. The van der Waals surface area contributed by atoms with Crippen LogP contribution in [0.25, 0.3) is 22.2 Å². The molecule has 5 aromatic rings. The highest BCUT2D eigenvalue weighted by molar-refractivity contribution is 6.13. The number of aryl methyl sites for hydroxylation is 3. The minimum absolute atomic E-state index is 0.201. The van der Waals surface area contributed by atoms with E-state index in [0.717, 1.165) is 16.8 Å². The van der Waals surface area contributed by atoms with Gasteiger partial charge in [-0.25, -0.2) is 4.98 Å². The van der Waals surface area contributed by atoms with Gasteiger partial charge in [-0.15, -0.1) is 0 Å². The molecule has 0 saturated heterocycles. The number of hydrogen-bond donors (Lipinski definition) is 1. The van der Waals surface area contributed by atoms with Gasteiger partial charge in [0.2, 0.25) is 0 Å². The van der Waals surface area contributed by atoms with Crippen LogP contribution in [-0.4, -0.2) is 25.6 Å². The molecule has 190 valence electrons. The zero-order chi connectivity index (χ0) is 26.8. The highest BCUT2D eigenvalue weighted by Crippen LogP contribution is 2.31. The molecule has 0 unspecified atom stereocenters. The molecule has 0 aliphatic carbocycles. The number of para-hydroxylation sites is 1. The van der Waals surface area contributed by atoms with Crippen molar-refractivity contribution in [2.45, 2.75) is 27.3 Å². The van der Waals surface area contributed by atoms with E-state index in [9.17, 15) is 14.9 Å². The fourth-order valence-corrected chi connectivity index (χ4v) is 4.19. The van der Waals surface area contributed by atoms with Gasteiger partial charge >= 0.3 is 0 Å². The van der Waals surface area contributed by atoms with Crippen LogP contribution in [0.4, 0.5) is 11.4 Å². The van der Waals surface area contributed by atoms with Gasteiger partial charge in [0.1, 0.15) is 11.5 Å². The maximum Gasteiger partial charge on any atom is 0.275 e. The summed E-state index contributed by atoms with van der Waals surface area (Å²) >= 11 is 0. The Labute approximate surface area is 218 Å². The summed E-state index contributed by atoms with van der Waals surface area (Å²) in [5, 5.41) is 19.6. The second-order valence-electron chi connectivity index (χ2n) is 8.90. The number of nitro groups is 1. The van der Waals surface area contributed by atoms with Crippen molar-refractivity contribution in [2.75, 3.05) is 5.32 Å². The number of rotatable bonds is 7. The van der Waals surface area contributed by atoms with Crippen molar-refractivity contribution < 1.29 is 14.5 Å². The zero-order valence-electron chi connectivity index (χ0n) is 21.1. The van der Waals surface area contributed by atoms with Gasteiger partial charge < -0.3 is 10.1 Å². The van der Waals surface area contributed by atoms with E-state index in [1.165, 1.54) is 12.1 Å². The average Bonchev–Trinajstić information content (AvgIpc) is 3.29. The lowest BCUT2D eigenvalue weighted by molar-refractivity contribution is -0.384. The number of nitrogens with zero attached hydrogens (tertiary/aromatic N) is 4. The molecule has 2 aromatic heterocycles. The Morgan fingerprint density at radius 2 is 1.79 bits per heavy atom. The molecule has 0 fully saturated rings. The standard InChI is InChI=1S/C29H25N5O4/c1-4-33-17-26(19(3)32-33)28-16-25(24-7-5-6-8-27(24)31-28)29(35)30-20-13-21(34(36)37)15-23(14-20)38-22-11-9-18(2)10-12-22/h5-17H,4H2,1-3H3,(H,30,35). The summed E-state index contributed by atoms with van der Waals surface area (Å²) in [5.41, 5.74) is 4.40. The smallest absolute Gasteiger partial charge is 0.275 e. The van der Waals surface area contributed by atoms with E-state index < -0.39 is 10.8 Å². The van der Waals surface area contributed by atoms with Crippen LogP contribution in [0, 0.1) is 24.0 Å². The van der Waals surface area contributed by atoms with Crippen molar-refractivity contribution in [1.82, 2.24) is 14.8 Å². The van der Waals surface area contributed by atoms with Gasteiger partial charge in [0.15, 0.2) is 0 Å². The van der Waals surface area contributed by atoms with Crippen molar-refractivity contribution in [3.63, 3.8) is 0 Å². The number of ether oxygens (including phenoxy) is 1. The summed E-state index contributed by atoms with van der Waals surface area (Å²) in [6.45, 7) is 6.56. The molecular formula is C29H25N5O4. The molecule has 0 saturated carbocycles. The van der Waals surface area contributed by atoms with Crippen molar-refractivity contribution in [3.05, 3.63) is 106 Å². The number of anilines is 1. The van der Waals surface area contributed by atoms with Gasteiger partial charge in [-0.05, 0) is 45.0 Å². The third-order valence-electron chi connectivity index (χ3n) is 6.12. The Balaban J connectivity index is 1.53. The van der Waals surface area contributed by atoms with Crippen LogP contribution < -0.4 is 10.1 Å². The van der Waals surface area contributed by atoms with Crippen molar-refractivity contribution in [3.8, 4) is 22.8 Å². The highest BCUT2D eigenvalue weighted by atomic mass is 16.6. The van der Waals surface area contributed by atoms with E-state index in [-0.39, 0.29) is 17.1 Å². The number of hydrogen-bond acceptors (Lipinski definition) is 6. The Morgan fingerprint density at radius 3 is 2.50 bits per heavy atom. The Hall–Kier alpha value is -5.05. The molecule has 0 bridgehead atoms. The topological polar surface area (TPSA) is 112 Å². The van der Waals surface area contributed by atoms with E-state index in [0.29, 0.717) is 34.5 Å². The van der Waals surface area contributed by atoms with Crippen LogP contribution in [0.3, 0.4) is 0 Å². The van der Waals surface area contributed by atoms with Crippen molar-refractivity contribution in [2.24, 2.45) is 0 Å². The molecule has 5 rings (SSSR count). The highest BCUT2D eigenvalue weighted by Gasteiger charge is 2.19. The molecule has 3 aromatic carbocycles. The predicted octanol–water partition coefficient (Wildman–Crippen LogP) is 6.69. The summed E-state index contributed by atoms with van der Waals surface area (Å²) in [5.74, 6) is 0.342. The van der Waals surface area contributed by atoms with Crippen LogP contribution >= 0.6 is 0 Å². The van der Waals surface area contributed by atoms with Crippen LogP contribution in [0.1, 0.15) is 28.5 Å². The van der Waals surface area contributed by atoms with E-state index in [1.807, 2.05) is 68.0 Å². The number of non-ortho nitro benzene ring substituents is 1. The quantitative estimate of drug-likeness (QED) is 0.194. The molecular weight excluding hydrogens is 482 g/mol. The van der Waals surface area contributed by atoms with E-state index in [2.05, 4.69) is 10.4 Å². The average molecular weight is 508 g/mol. The third kappa shape index (κ3) is 5.08. The van der Waals surface area contributed by atoms with Crippen LogP contribution in [0.5, 0.6) is 11.5 Å². The van der Waals surface area contributed by atoms with E-state index in [4.69, 9.17) is 9.72 Å². The number of nitrogens with one attached hydrogen (secondary N) is 1. The minimum Gasteiger partial charge on any atom is -0.457 e. The second-order valence-corrected chi connectivity index (χ2v) is 8.90. The van der Waals surface area contributed by atoms with Crippen molar-refractivity contribution >= 4 is 28.2 Å². The normalized spacial score (nSPS) is 10.9. The first kappa shape index (κ1) is 24.6. The van der Waals surface area contributed by atoms with E-state index in [1.54, 1.807) is 24.3 Å². The van der Waals surface area contributed by atoms with Crippen LogP contribution in [0.15, 0.2) is 79.0 Å². The van der Waals surface area contributed by atoms with Gasteiger partial charge in [-0.1, -0.05) is 35.9 Å². The molecule has 1 N–H and O–H groups in total. The third-order valence-corrected chi connectivity index (χ3v) is 6.12. The summed E-state index contributed by atoms with van der Waals surface area (Å²) in [6, 6.07) is 20.6. The Morgan fingerprint density at radius 1 is 1.03 bits per heavy atom. The first-order valence-corrected chi connectivity index (χ1v) is 12.1. The number of pyridine rings is 1. The lowest BCUT2D eigenvalue weighted by Crippen LogP contribution is -2.13. The van der Waals surface area contributed by atoms with Crippen LogP contribution in [0.2, 0.25) is 0 Å². The SMILES string of the molecule is CCn1cc(-c2cc(C(=O)Nc3cc(Oc4ccc(C)cc4)cc([N+](=O)[O-])c3)c3ccccc3n2)c(C)n1. The molecule has 0 aliphatic rings. The van der Waals surface area contributed by atoms with Gasteiger partial charge in [-0.2, -0.15) is 5.10 Å². The fourth-order valence-electron chi connectivity index (χ4n) is 4.19. The zero-order valence-corrected chi connectivity index (χ0v) is 21.1. The van der Waals surface area contributed by atoms with Gasteiger partial charge in [0.05, 0.1) is 39.1 Å². The Bertz CT molecular complexity index is 1680. The largest absolute Gasteiger partial charge is 0.457 e. The number of fused-ring (bicyclic) bond motifs is 1. The van der Waals surface area contributed by atoms with Gasteiger partial charge in [-0.3, -0.25) is 19.6 Å². The molecule has 1 amide bonds. The molecule has 0 spiro atoms. The maximum atomic E-state index is 13.6. The number of carbonyl (C=O) groups excluding carboxylic acids is 1. The monoisotopic (exact) mass is 507 g/mol. The predicted molar refractivity (Wildman–Crippen MR) is 146 cm³/mol. The molecule has 0 aliphatic heterocycles. The number of aromatic nitrogens is 3. The van der Waals surface area contributed by atoms with E-state index >= 15 is 0 Å². The summed E-state index contributed by atoms with van der Waals surface area (Å²) < 4.78 is 7.67. The molecule has 38 heavy (non-hydrogen) atoms. The number of carbonyl (C=O) groups is 1. The second kappa shape index (κ2) is 10.1. The number of nitro benzene ring substituents is 1. The van der Waals surface area contributed by atoms with Crippen LogP contribution in [-0.2, 0) is 6.54 Å². The number of amides is 1. The summed E-state index contributed by atoms with van der Waals surface area (Å²) in [7, 11) is 0. The summed E-state index contributed by atoms with van der Waals surface area (Å²) in [6.07, 6.45) is 1.91. The molecule has 0 radical (unpaired) electrons. The summed E-state index contributed by atoms with van der Waals surface area (Å²) in [4.78, 5) is 29.4. The lowest BCUT2D eigenvalue weighted by Gasteiger charge is -2.12.